The second-order valence-corrected chi connectivity index (χ2v) is 6.93. The zero-order valence-electron chi connectivity index (χ0n) is 11.7. The van der Waals surface area contributed by atoms with Gasteiger partial charge in [0.1, 0.15) is 0 Å². The van der Waals surface area contributed by atoms with Gasteiger partial charge < -0.3 is 5.32 Å². The Morgan fingerprint density at radius 2 is 2.16 bits per heavy atom. The smallest absolute Gasteiger partial charge is 0.262 e. The molecule has 1 saturated carbocycles. The highest BCUT2D eigenvalue weighted by Gasteiger charge is 2.35. The zero-order chi connectivity index (χ0) is 14.0. The van der Waals surface area contributed by atoms with E-state index in [2.05, 4.69) is 15.5 Å². The van der Waals surface area contributed by atoms with Gasteiger partial charge in [-0.1, -0.05) is 13.3 Å². The fourth-order valence-corrected chi connectivity index (χ4v) is 3.76. The number of hydrogen-bond donors (Lipinski definition) is 2. The molecule has 6 nitrogen and oxygen atoms in total. The Hall–Kier alpha value is -0.920. The molecule has 1 aliphatic rings. The summed E-state index contributed by atoms with van der Waals surface area (Å²) < 4.78 is 26.6. The summed E-state index contributed by atoms with van der Waals surface area (Å²) in [6.45, 7) is 5.15. The highest BCUT2D eigenvalue weighted by molar-refractivity contribution is 7.89. The second-order valence-electron chi connectivity index (χ2n) is 5.02. The Morgan fingerprint density at radius 1 is 1.47 bits per heavy atom. The lowest BCUT2D eigenvalue weighted by Crippen LogP contribution is -2.41. The molecule has 7 heteroatoms. The molecule has 1 heterocycles. The number of aromatic nitrogens is 2. The average molecular weight is 286 g/mol. The van der Waals surface area contributed by atoms with Crippen molar-refractivity contribution in [1.29, 1.82) is 0 Å². The number of sulfonamides is 1. The van der Waals surface area contributed by atoms with Gasteiger partial charge in [0.05, 0.1) is 0 Å². The van der Waals surface area contributed by atoms with E-state index in [1.807, 2.05) is 13.8 Å². The minimum atomic E-state index is -3.49. The van der Waals surface area contributed by atoms with Crippen LogP contribution in [0.25, 0.3) is 0 Å². The second kappa shape index (κ2) is 5.60. The first-order chi connectivity index (χ1) is 8.98. The summed E-state index contributed by atoms with van der Waals surface area (Å²) in [6, 6.07) is 0.133. The first-order valence-corrected chi connectivity index (χ1v) is 8.15. The van der Waals surface area contributed by atoms with Crippen LogP contribution in [0.5, 0.6) is 0 Å². The van der Waals surface area contributed by atoms with E-state index in [1.54, 1.807) is 7.05 Å². The highest BCUT2D eigenvalue weighted by atomic mass is 32.2. The van der Waals surface area contributed by atoms with Crippen molar-refractivity contribution in [2.24, 2.45) is 0 Å². The van der Waals surface area contributed by atoms with E-state index >= 15 is 0 Å². The largest absolute Gasteiger partial charge is 0.313 e. The van der Waals surface area contributed by atoms with E-state index in [9.17, 15) is 8.42 Å². The predicted molar refractivity (Wildman–Crippen MR) is 73.3 cm³/mol. The molecule has 0 atom stereocenters. The molecule has 0 amide bonds. The number of nitrogens with zero attached hydrogens (tertiary/aromatic N) is 2. The molecule has 0 unspecified atom stereocenters. The number of hydrogen-bond acceptors (Lipinski definition) is 4. The topological polar surface area (TPSA) is 78.1 Å². The number of nitrogens with one attached hydrogen (secondary N) is 2. The van der Waals surface area contributed by atoms with E-state index in [-0.39, 0.29) is 11.1 Å². The lowest BCUT2D eigenvalue weighted by atomic mass is 9.94. The molecule has 0 bridgehead atoms. The number of aryl methyl sites for hydroxylation is 1. The maximum absolute atomic E-state index is 12.6. The van der Waals surface area contributed by atoms with Crippen molar-refractivity contribution in [3.05, 3.63) is 11.3 Å². The minimum Gasteiger partial charge on any atom is -0.313 e. The highest BCUT2D eigenvalue weighted by Crippen LogP contribution is 2.29. The average Bonchev–Trinajstić information content (AvgIpc) is 2.66. The van der Waals surface area contributed by atoms with Crippen LogP contribution in [0.1, 0.15) is 37.4 Å². The van der Waals surface area contributed by atoms with Gasteiger partial charge in [0.2, 0.25) is 0 Å². The van der Waals surface area contributed by atoms with Gasteiger partial charge in [-0.05, 0) is 26.3 Å². The summed E-state index contributed by atoms with van der Waals surface area (Å²) >= 11 is 0. The van der Waals surface area contributed by atoms with E-state index in [1.165, 1.54) is 4.31 Å². The third-order valence-corrected chi connectivity index (χ3v) is 5.68. The molecule has 1 aromatic rings. The van der Waals surface area contributed by atoms with Gasteiger partial charge >= 0.3 is 0 Å². The Balaban J connectivity index is 2.29. The Labute approximate surface area is 114 Å². The molecule has 108 valence electrons. The van der Waals surface area contributed by atoms with E-state index in [0.717, 1.165) is 37.1 Å². The number of rotatable bonds is 6. The van der Waals surface area contributed by atoms with Crippen molar-refractivity contribution < 1.29 is 8.42 Å². The van der Waals surface area contributed by atoms with Crippen LogP contribution in [0.15, 0.2) is 5.03 Å². The molecule has 1 fully saturated rings. The zero-order valence-corrected chi connectivity index (χ0v) is 12.5. The number of aromatic amines is 1. The van der Waals surface area contributed by atoms with Gasteiger partial charge in [-0.15, -0.1) is 0 Å². The number of H-pyrrole nitrogens is 1. The van der Waals surface area contributed by atoms with Crippen LogP contribution in [0.3, 0.4) is 0 Å². The van der Waals surface area contributed by atoms with Crippen LogP contribution in [0.4, 0.5) is 0 Å². The molecule has 2 rings (SSSR count). The summed E-state index contributed by atoms with van der Waals surface area (Å²) in [6.07, 6.45) is 3.00. The van der Waals surface area contributed by atoms with Crippen molar-refractivity contribution in [3.8, 4) is 0 Å². The van der Waals surface area contributed by atoms with E-state index < -0.39 is 10.0 Å². The van der Waals surface area contributed by atoms with Crippen LogP contribution in [-0.2, 0) is 16.6 Å². The van der Waals surface area contributed by atoms with E-state index in [4.69, 9.17) is 0 Å². The summed E-state index contributed by atoms with van der Waals surface area (Å²) in [7, 11) is -1.84. The SMILES string of the molecule is CCNCc1c(S(=O)(=O)N(C)C2CCC2)n[nH]c1C. The standard InChI is InChI=1S/C12H22N4O2S/c1-4-13-8-11-9(2)14-15-12(11)19(17,18)16(3)10-6-5-7-10/h10,13H,4-8H2,1-3H3,(H,14,15). The Bertz CT molecular complexity index is 534. The minimum absolute atomic E-state index is 0.133. The fourth-order valence-electron chi connectivity index (χ4n) is 2.18. The molecule has 0 radical (unpaired) electrons. The maximum Gasteiger partial charge on any atom is 0.262 e. The summed E-state index contributed by atoms with van der Waals surface area (Å²) in [4.78, 5) is 0. The van der Waals surface area contributed by atoms with Gasteiger partial charge in [0.15, 0.2) is 5.03 Å². The van der Waals surface area contributed by atoms with Crippen LogP contribution < -0.4 is 5.32 Å². The van der Waals surface area contributed by atoms with E-state index in [0.29, 0.717) is 6.54 Å². The van der Waals surface area contributed by atoms with Gasteiger partial charge in [-0.25, -0.2) is 8.42 Å². The molecule has 0 aliphatic heterocycles. The molecule has 19 heavy (non-hydrogen) atoms. The summed E-state index contributed by atoms with van der Waals surface area (Å²) in [5.74, 6) is 0. The normalized spacial score (nSPS) is 16.8. The van der Waals surface area contributed by atoms with Gasteiger partial charge in [0.25, 0.3) is 10.0 Å². The van der Waals surface area contributed by atoms with Crippen LogP contribution >= 0.6 is 0 Å². The first kappa shape index (κ1) is 14.5. The molecule has 0 spiro atoms. The first-order valence-electron chi connectivity index (χ1n) is 6.71. The van der Waals surface area contributed by atoms with Crippen LogP contribution in [-0.4, -0.2) is 42.6 Å². The van der Waals surface area contributed by atoms with Crippen molar-refractivity contribution in [1.82, 2.24) is 19.8 Å². The van der Waals surface area contributed by atoms with Crippen LogP contribution in [0, 0.1) is 6.92 Å². The van der Waals surface area contributed by atoms with Gasteiger partial charge in [-0.2, -0.15) is 9.40 Å². The molecule has 2 N–H and O–H groups in total. The van der Waals surface area contributed by atoms with Crippen molar-refractivity contribution in [3.63, 3.8) is 0 Å². The quantitative estimate of drug-likeness (QED) is 0.818. The molecule has 1 aromatic heterocycles. The van der Waals surface area contributed by atoms with Crippen LogP contribution in [0.2, 0.25) is 0 Å². The summed E-state index contributed by atoms with van der Waals surface area (Å²) in [5, 5.41) is 10.1. The molecule has 0 aromatic carbocycles. The third kappa shape index (κ3) is 2.68. The predicted octanol–water partition coefficient (Wildman–Crippen LogP) is 1.00. The molecular weight excluding hydrogens is 264 g/mol. The van der Waals surface area contributed by atoms with Gasteiger partial charge in [-0.3, -0.25) is 5.10 Å². The lowest BCUT2D eigenvalue weighted by Gasteiger charge is -2.33. The van der Waals surface area contributed by atoms with Crippen molar-refractivity contribution in [2.45, 2.75) is 50.7 Å². The fraction of sp³-hybridized carbons (Fsp3) is 0.750. The van der Waals surface area contributed by atoms with Crippen molar-refractivity contribution >= 4 is 10.0 Å². The molecule has 1 aliphatic carbocycles. The Morgan fingerprint density at radius 3 is 2.68 bits per heavy atom. The Kier molecular flexibility index (Phi) is 4.27. The van der Waals surface area contributed by atoms with Gasteiger partial charge in [0, 0.05) is 30.9 Å². The monoisotopic (exact) mass is 286 g/mol. The van der Waals surface area contributed by atoms with Crippen molar-refractivity contribution in [2.75, 3.05) is 13.6 Å². The summed E-state index contributed by atoms with van der Waals surface area (Å²) in [5.41, 5.74) is 1.55. The maximum atomic E-state index is 12.6. The third-order valence-electron chi connectivity index (χ3n) is 3.80. The molecular formula is C12H22N4O2S. The molecule has 0 saturated heterocycles. The lowest BCUT2D eigenvalue weighted by molar-refractivity contribution is 0.249.